The summed E-state index contributed by atoms with van der Waals surface area (Å²) < 4.78 is 5.44. The lowest BCUT2D eigenvalue weighted by atomic mass is 9.99. The molecular weight excluding hydrogens is 252 g/mol. The fourth-order valence-corrected chi connectivity index (χ4v) is 2.13. The molecule has 0 bridgehead atoms. The second kappa shape index (κ2) is 6.02. The van der Waals surface area contributed by atoms with Crippen LogP contribution in [0.4, 0.5) is 5.95 Å². The Hall–Kier alpha value is -2.61. The molecule has 1 N–H and O–H groups in total. The van der Waals surface area contributed by atoms with E-state index in [1.807, 2.05) is 26.0 Å². The Morgan fingerprint density at radius 2 is 1.95 bits per heavy atom. The lowest BCUT2D eigenvalue weighted by Crippen LogP contribution is -2.03. The molecule has 0 aliphatic carbocycles. The second-order valence-corrected chi connectivity index (χ2v) is 4.47. The van der Waals surface area contributed by atoms with Crippen molar-refractivity contribution >= 4 is 5.95 Å². The Morgan fingerprint density at radius 3 is 2.55 bits per heavy atom. The summed E-state index contributed by atoms with van der Waals surface area (Å²) in [5.74, 6) is 1.25. The molecule has 0 atom stereocenters. The Morgan fingerprint density at radius 1 is 1.25 bits per heavy atom. The van der Waals surface area contributed by atoms with E-state index in [9.17, 15) is 0 Å². The van der Waals surface area contributed by atoms with Gasteiger partial charge >= 0.3 is 0 Å². The van der Waals surface area contributed by atoms with Gasteiger partial charge in [0.15, 0.2) is 0 Å². The van der Waals surface area contributed by atoms with Gasteiger partial charge in [-0.2, -0.15) is 5.26 Å². The molecule has 0 spiro atoms. The van der Waals surface area contributed by atoms with Gasteiger partial charge in [0.2, 0.25) is 5.95 Å². The van der Waals surface area contributed by atoms with Crippen LogP contribution in [0.2, 0.25) is 0 Å². The lowest BCUT2D eigenvalue weighted by molar-refractivity contribution is 0.416. The third-order valence-electron chi connectivity index (χ3n) is 2.93. The van der Waals surface area contributed by atoms with Gasteiger partial charge in [0, 0.05) is 23.5 Å². The van der Waals surface area contributed by atoms with E-state index in [0.29, 0.717) is 5.95 Å². The summed E-state index contributed by atoms with van der Waals surface area (Å²) in [6.45, 7) is 4.25. The summed E-state index contributed by atoms with van der Waals surface area (Å²) in [6, 6.07) is 6.07. The van der Waals surface area contributed by atoms with Gasteiger partial charge in [-0.15, -0.1) is 0 Å². The molecule has 102 valence electrons. The molecule has 2 aromatic rings. The number of aromatic nitrogens is 2. The number of nitrogens with zero attached hydrogens (tertiary/aromatic N) is 3. The smallest absolute Gasteiger partial charge is 0.223 e. The zero-order chi connectivity index (χ0) is 14.5. The Bertz CT molecular complexity index is 644. The summed E-state index contributed by atoms with van der Waals surface area (Å²) >= 11 is 0. The van der Waals surface area contributed by atoms with Crippen LogP contribution >= 0.6 is 0 Å². The first kappa shape index (κ1) is 13.8. The molecule has 0 amide bonds. The van der Waals surface area contributed by atoms with E-state index < -0.39 is 0 Å². The molecular formula is C15H16N4O. The zero-order valence-corrected chi connectivity index (χ0v) is 11.8. The maximum absolute atomic E-state index is 8.51. The van der Waals surface area contributed by atoms with Crippen molar-refractivity contribution in [3.8, 4) is 22.9 Å². The van der Waals surface area contributed by atoms with Crippen LogP contribution in [-0.2, 0) is 0 Å². The molecule has 5 nitrogen and oxygen atoms in total. The van der Waals surface area contributed by atoms with E-state index in [2.05, 4.69) is 21.4 Å². The molecule has 1 aromatic heterocycles. The van der Waals surface area contributed by atoms with E-state index in [1.54, 1.807) is 19.5 Å². The molecule has 1 heterocycles. The first-order valence-electron chi connectivity index (χ1n) is 6.24. The maximum atomic E-state index is 8.51. The van der Waals surface area contributed by atoms with Crippen LogP contribution < -0.4 is 10.1 Å². The van der Waals surface area contributed by atoms with Gasteiger partial charge in [-0.25, -0.2) is 9.97 Å². The minimum Gasteiger partial charge on any atom is -0.496 e. The molecule has 0 radical (unpaired) electrons. The number of benzene rings is 1. The minimum absolute atomic E-state index is 0.187. The molecule has 0 fully saturated rings. The van der Waals surface area contributed by atoms with Gasteiger partial charge in [-0.1, -0.05) is 6.07 Å². The largest absolute Gasteiger partial charge is 0.496 e. The van der Waals surface area contributed by atoms with E-state index in [-0.39, 0.29) is 6.54 Å². The number of aryl methyl sites for hydroxylation is 2. The van der Waals surface area contributed by atoms with Gasteiger partial charge in [0.05, 0.1) is 13.2 Å². The molecule has 0 aliphatic rings. The van der Waals surface area contributed by atoms with Gasteiger partial charge in [-0.3, -0.25) is 0 Å². The predicted molar refractivity (Wildman–Crippen MR) is 77.6 cm³/mol. The molecule has 0 saturated carbocycles. The molecule has 0 aliphatic heterocycles. The van der Waals surface area contributed by atoms with Crippen LogP contribution in [0.25, 0.3) is 11.1 Å². The van der Waals surface area contributed by atoms with Gasteiger partial charge in [0.1, 0.15) is 12.3 Å². The third-order valence-corrected chi connectivity index (χ3v) is 2.93. The average Bonchev–Trinajstić information content (AvgIpc) is 2.45. The summed E-state index contributed by atoms with van der Waals surface area (Å²) in [5.41, 5.74) is 4.14. The van der Waals surface area contributed by atoms with Crippen molar-refractivity contribution in [3.63, 3.8) is 0 Å². The van der Waals surface area contributed by atoms with Crippen molar-refractivity contribution < 1.29 is 4.74 Å². The normalized spacial score (nSPS) is 9.90. The maximum Gasteiger partial charge on any atom is 0.223 e. The van der Waals surface area contributed by atoms with E-state index in [1.165, 1.54) is 0 Å². The van der Waals surface area contributed by atoms with Crippen LogP contribution in [-0.4, -0.2) is 23.6 Å². The molecule has 5 heteroatoms. The fourth-order valence-electron chi connectivity index (χ4n) is 2.13. The number of nitriles is 1. The molecule has 1 aromatic carbocycles. The number of rotatable bonds is 4. The van der Waals surface area contributed by atoms with Crippen molar-refractivity contribution in [1.82, 2.24) is 9.97 Å². The van der Waals surface area contributed by atoms with Crippen LogP contribution in [0.3, 0.4) is 0 Å². The SMILES string of the molecule is COc1cc(C)cc(C)c1-c1cnc(NCC#N)nc1. The topological polar surface area (TPSA) is 70.8 Å². The molecule has 2 rings (SSSR count). The standard InChI is InChI=1S/C15H16N4O/c1-10-6-11(2)14(13(7-10)20-3)12-8-18-15(19-9-12)17-5-4-16/h6-9H,5H2,1-3H3,(H,17,18,19). The van der Waals surface area contributed by atoms with Crippen molar-refractivity contribution in [2.45, 2.75) is 13.8 Å². The number of nitrogens with one attached hydrogen (secondary N) is 1. The quantitative estimate of drug-likeness (QED) is 0.863. The molecule has 0 saturated heterocycles. The van der Waals surface area contributed by atoms with E-state index in [0.717, 1.165) is 28.0 Å². The number of methoxy groups -OCH3 is 1. The Labute approximate surface area is 118 Å². The molecule has 0 unspecified atom stereocenters. The summed E-state index contributed by atoms with van der Waals surface area (Å²) in [6.07, 6.45) is 3.46. The number of ether oxygens (including phenoxy) is 1. The summed E-state index contributed by atoms with van der Waals surface area (Å²) in [4.78, 5) is 8.41. The van der Waals surface area contributed by atoms with Gasteiger partial charge in [0.25, 0.3) is 0 Å². The minimum atomic E-state index is 0.187. The van der Waals surface area contributed by atoms with Crippen molar-refractivity contribution in [2.75, 3.05) is 19.0 Å². The van der Waals surface area contributed by atoms with Crippen molar-refractivity contribution in [3.05, 3.63) is 35.7 Å². The second-order valence-electron chi connectivity index (χ2n) is 4.47. The first-order valence-corrected chi connectivity index (χ1v) is 6.24. The average molecular weight is 268 g/mol. The van der Waals surface area contributed by atoms with Crippen LogP contribution in [0, 0.1) is 25.2 Å². The van der Waals surface area contributed by atoms with Crippen molar-refractivity contribution in [2.24, 2.45) is 0 Å². The first-order chi connectivity index (χ1) is 9.65. The molecule has 20 heavy (non-hydrogen) atoms. The summed E-state index contributed by atoms with van der Waals surface area (Å²) in [7, 11) is 1.65. The number of anilines is 1. The number of hydrogen-bond donors (Lipinski definition) is 1. The highest BCUT2D eigenvalue weighted by Gasteiger charge is 2.11. The monoisotopic (exact) mass is 268 g/mol. The highest BCUT2D eigenvalue weighted by molar-refractivity contribution is 5.73. The van der Waals surface area contributed by atoms with Gasteiger partial charge in [-0.05, 0) is 31.0 Å². The fraction of sp³-hybridized carbons (Fsp3) is 0.267. The predicted octanol–water partition coefficient (Wildman–Crippen LogP) is 2.70. The number of hydrogen-bond acceptors (Lipinski definition) is 5. The summed E-state index contributed by atoms with van der Waals surface area (Å²) in [5, 5.41) is 11.3. The third kappa shape index (κ3) is 2.86. The van der Waals surface area contributed by atoms with Crippen LogP contribution in [0.15, 0.2) is 24.5 Å². The van der Waals surface area contributed by atoms with E-state index >= 15 is 0 Å². The Kier molecular flexibility index (Phi) is 4.16. The van der Waals surface area contributed by atoms with Crippen LogP contribution in [0.5, 0.6) is 5.75 Å². The van der Waals surface area contributed by atoms with Crippen molar-refractivity contribution in [1.29, 1.82) is 5.26 Å². The highest BCUT2D eigenvalue weighted by Crippen LogP contribution is 2.33. The highest BCUT2D eigenvalue weighted by atomic mass is 16.5. The lowest BCUT2D eigenvalue weighted by Gasteiger charge is -2.13. The Balaban J connectivity index is 2.39. The van der Waals surface area contributed by atoms with Crippen LogP contribution in [0.1, 0.15) is 11.1 Å². The zero-order valence-electron chi connectivity index (χ0n) is 11.8. The van der Waals surface area contributed by atoms with E-state index in [4.69, 9.17) is 10.00 Å². The van der Waals surface area contributed by atoms with Gasteiger partial charge < -0.3 is 10.1 Å².